The number of carbonyl (C=O) groups is 3. The van der Waals surface area contributed by atoms with Crippen LogP contribution in [0.2, 0.25) is 5.02 Å². The van der Waals surface area contributed by atoms with Crippen molar-refractivity contribution in [3.05, 3.63) is 100 Å². The highest BCUT2D eigenvalue weighted by Gasteiger charge is 2.38. The number of rotatable bonds is 5. The normalized spacial score (nSPS) is 15.6. The predicted molar refractivity (Wildman–Crippen MR) is 148 cm³/mol. The number of likely N-dealkylation sites (tertiary alicyclic amines) is 1. The maximum absolute atomic E-state index is 13.4. The highest BCUT2D eigenvalue weighted by molar-refractivity contribution is 6.30. The quantitative estimate of drug-likeness (QED) is 0.411. The van der Waals surface area contributed by atoms with Crippen LogP contribution >= 0.6 is 11.6 Å². The van der Waals surface area contributed by atoms with Crippen molar-refractivity contribution in [2.24, 2.45) is 0 Å². The standard InChI is InChI=1S/C28H28ClN3O2.C2HF3O2/c29-25-13-11-23(12-14-25)28(34)31-19-24-5-1-2-6-26(24)32(27(33)20-31)18-22-9-7-21(8-10-22)17-30-15-3-4-16-30;3-2(4,5)1(6)7/h1-2,5-14H,3-4,15-20H2;(H,6,7). The molecule has 11 heteroatoms. The van der Waals surface area contributed by atoms with Gasteiger partial charge in [0.25, 0.3) is 5.91 Å². The Balaban J connectivity index is 0.000000493. The largest absolute Gasteiger partial charge is 0.490 e. The molecule has 0 radical (unpaired) electrons. The van der Waals surface area contributed by atoms with Crippen LogP contribution in [0.15, 0.2) is 72.8 Å². The van der Waals surface area contributed by atoms with Crippen molar-refractivity contribution >= 4 is 35.1 Å². The molecule has 7 nitrogen and oxygen atoms in total. The van der Waals surface area contributed by atoms with Crippen LogP contribution < -0.4 is 4.90 Å². The van der Waals surface area contributed by atoms with Crippen LogP contribution in [0.5, 0.6) is 0 Å². The summed E-state index contributed by atoms with van der Waals surface area (Å²) in [6.07, 6.45) is -2.52. The third-order valence-corrected chi connectivity index (χ3v) is 7.11. The van der Waals surface area contributed by atoms with Crippen molar-refractivity contribution in [3.63, 3.8) is 0 Å². The lowest BCUT2D eigenvalue weighted by Crippen LogP contribution is -2.39. The minimum Gasteiger partial charge on any atom is -0.475 e. The fraction of sp³-hybridized carbons (Fsp3) is 0.300. The Bertz CT molecular complexity index is 1370. The summed E-state index contributed by atoms with van der Waals surface area (Å²) in [6.45, 7) is 4.21. The second-order valence-corrected chi connectivity index (χ2v) is 10.3. The number of alkyl halides is 3. The van der Waals surface area contributed by atoms with Gasteiger partial charge in [0.05, 0.1) is 6.54 Å². The van der Waals surface area contributed by atoms with Crippen LogP contribution in [-0.2, 0) is 29.2 Å². The van der Waals surface area contributed by atoms with E-state index in [1.165, 1.54) is 31.5 Å². The summed E-state index contributed by atoms with van der Waals surface area (Å²) < 4.78 is 31.7. The number of carboxylic acid groups (broad SMARTS) is 1. The molecular weight excluding hydrogens is 559 g/mol. The molecule has 0 aliphatic carbocycles. The number of benzene rings is 3. The van der Waals surface area contributed by atoms with Crippen LogP contribution in [0, 0.1) is 0 Å². The molecular formula is C30H29ClF3N3O4. The average molecular weight is 588 g/mol. The van der Waals surface area contributed by atoms with E-state index < -0.39 is 12.1 Å². The number of aliphatic carboxylic acids is 1. The molecule has 2 aliphatic rings. The number of nitrogens with zero attached hydrogens (tertiary/aromatic N) is 3. The molecule has 0 bridgehead atoms. The first-order valence-corrected chi connectivity index (χ1v) is 13.4. The van der Waals surface area contributed by atoms with E-state index in [1.807, 2.05) is 24.3 Å². The van der Waals surface area contributed by atoms with Crippen LogP contribution in [0.25, 0.3) is 0 Å². The molecule has 5 rings (SSSR count). The number of halogens is 4. The van der Waals surface area contributed by atoms with Crippen molar-refractivity contribution < 1.29 is 32.7 Å². The third kappa shape index (κ3) is 8.08. The molecule has 216 valence electrons. The average Bonchev–Trinajstić information content (AvgIpc) is 3.41. The minimum atomic E-state index is -5.08. The molecule has 2 aliphatic heterocycles. The number of amides is 2. The Morgan fingerprint density at radius 2 is 1.39 bits per heavy atom. The SMILES string of the molecule is O=C(O)C(F)(F)F.O=C(c1ccc(Cl)cc1)N1CC(=O)N(Cc2ccc(CN3CCCC3)cc2)c2ccccc2C1. The van der Waals surface area contributed by atoms with Crippen molar-refractivity contribution in [2.75, 3.05) is 24.5 Å². The van der Waals surface area contributed by atoms with Crippen LogP contribution in [0.3, 0.4) is 0 Å². The summed E-state index contributed by atoms with van der Waals surface area (Å²) in [7, 11) is 0. The lowest BCUT2D eigenvalue weighted by molar-refractivity contribution is -0.192. The Kier molecular flexibility index (Phi) is 9.67. The van der Waals surface area contributed by atoms with Gasteiger partial charge in [0.15, 0.2) is 0 Å². The summed E-state index contributed by atoms with van der Waals surface area (Å²) in [6, 6.07) is 23.2. The molecule has 0 spiro atoms. The Hall–Kier alpha value is -3.89. The maximum atomic E-state index is 13.4. The predicted octanol–water partition coefficient (Wildman–Crippen LogP) is 5.76. The van der Waals surface area contributed by atoms with E-state index in [0.29, 0.717) is 23.7 Å². The number of hydrogen-bond acceptors (Lipinski definition) is 4. The number of carbonyl (C=O) groups excluding carboxylic acids is 2. The monoisotopic (exact) mass is 587 g/mol. The Morgan fingerprint density at radius 3 is 1.98 bits per heavy atom. The fourth-order valence-corrected chi connectivity index (χ4v) is 4.90. The molecule has 1 N–H and O–H groups in total. The maximum Gasteiger partial charge on any atom is 0.490 e. The number of hydrogen-bond donors (Lipinski definition) is 1. The fourth-order valence-electron chi connectivity index (χ4n) is 4.78. The molecule has 3 aromatic carbocycles. The van der Waals surface area contributed by atoms with Crippen molar-refractivity contribution in [2.45, 2.75) is 38.7 Å². The number of para-hydroxylation sites is 1. The van der Waals surface area contributed by atoms with E-state index in [4.69, 9.17) is 21.5 Å². The zero-order valence-corrected chi connectivity index (χ0v) is 22.9. The third-order valence-electron chi connectivity index (χ3n) is 6.86. The van der Waals surface area contributed by atoms with Crippen molar-refractivity contribution in [1.29, 1.82) is 0 Å². The Morgan fingerprint density at radius 1 is 0.829 bits per heavy atom. The van der Waals surface area contributed by atoms with E-state index in [0.717, 1.165) is 23.4 Å². The van der Waals surface area contributed by atoms with Gasteiger partial charge in [0.1, 0.15) is 6.54 Å². The summed E-state index contributed by atoms with van der Waals surface area (Å²) in [5.41, 5.74) is 4.72. The van der Waals surface area contributed by atoms with Gasteiger partial charge >= 0.3 is 12.1 Å². The lowest BCUT2D eigenvalue weighted by Gasteiger charge is -2.23. The zero-order chi connectivity index (χ0) is 29.6. The second kappa shape index (κ2) is 13.2. The second-order valence-electron chi connectivity index (χ2n) is 9.88. The molecule has 0 unspecified atom stereocenters. The van der Waals surface area contributed by atoms with E-state index >= 15 is 0 Å². The van der Waals surface area contributed by atoms with Crippen LogP contribution in [0.4, 0.5) is 18.9 Å². The van der Waals surface area contributed by atoms with Gasteiger partial charge in [-0.15, -0.1) is 0 Å². The molecule has 0 atom stereocenters. The van der Waals surface area contributed by atoms with Gasteiger partial charge in [0, 0.05) is 29.4 Å². The van der Waals surface area contributed by atoms with Crippen molar-refractivity contribution in [3.8, 4) is 0 Å². The highest BCUT2D eigenvalue weighted by Crippen LogP contribution is 2.28. The summed E-state index contributed by atoms with van der Waals surface area (Å²) in [4.78, 5) is 41.4. The van der Waals surface area contributed by atoms with Gasteiger partial charge in [0.2, 0.25) is 5.91 Å². The van der Waals surface area contributed by atoms with Gasteiger partial charge < -0.3 is 14.9 Å². The van der Waals surface area contributed by atoms with Gasteiger partial charge in [-0.3, -0.25) is 14.5 Å². The van der Waals surface area contributed by atoms with E-state index in [9.17, 15) is 22.8 Å². The summed E-state index contributed by atoms with van der Waals surface area (Å²) >= 11 is 5.98. The smallest absolute Gasteiger partial charge is 0.475 e. The molecule has 0 saturated carbocycles. The molecule has 1 fully saturated rings. The van der Waals surface area contributed by atoms with Crippen molar-refractivity contribution in [1.82, 2.24) is 9.80 Å². The summed E-state index contributed by atoms with van der Waals surface area (Å²) in [5.74, 6) is -3.02. The minimum absolute atomic E-state index is 0.0309. The van der Waals surface area contributed by atoms with E-state index in [1.54, 1.807) is 34.1 Å². The zero-order valence-electron chi connectivity index (χ0n) is 22.1. The number of fused-ring (bicyclic) bond motifs is 1. The first-order chi connectivity index (χ1) is 19.5. The first-order valence-electron chi connectivity index (χ1n) is 13.0. The lowest BCUT2D eigenvalue weighted by atomic mass is 10.1. The summed E-state index contributed by atoms with van der Waals surface area (Å²) in [5, 5.41) is 7.70. The van der Waals surface area contributed by atoms with Gasteiger partial charge in [-0.25, -0.2) is 4.79 Å². The number of carboxylic acids is 1. The molecule has 2 heterocycles. The van der Waals surface area contributed by atoms with Gasteiger partial charge in [-0.05, 0) is 73.0 Å². The molecule has 0 aromatic heterocycles. The molecule has 41 heavy (non-hydrogen) atoms. The first kappa shape index (κ1) is 30.1. The highest BCUT2D eigenvalue weighted by atomic mass is 35.5. The number of anilines is 1. The molecule has 2 amide bonds. The molecule has 3 aromatic rings. The van der Waals surface area contributed by atoms with Gasteiger partial charge in [-0.1, -0.05) is 54.1 Å². The van der Waals surface area contributed by atoms with Crippen LogP contribution in [-0.4, -0.2) is 58.5 Å². The van der Waals surface area contributed by atoms with E-state index in [-0.39, 0.29) is 18.4 Å². The molecule has 1 saturated heterocycles. The van der Waals surface area contributed by atoms with Crippen LogP contribution in [0.1, 0.15) is 39.9 Å². The Labute approximate surface area is 240 Å². The van der Waals surface area contributed by atoms with Gasteiger partial charge in [-0.2, -0.15) is 13.2 Å². The topological polar surface area (TPSA) is 81.2 Å². The van der Waals surface area contributed by atoms with E-state index in [2.05, 4.69) is 29.2 Å².